The van der Waals surface area contributed by atoms with Crippen LogP contribution in [0.2, 0.25) is 0 Å². The first kappa shape index (κ1) is 11.5. The molecule has 96 valence electrons. The van der Waals surface area contributed by atoms with Gasteiger partial charge in [0.25, 0.3) is 5.56 Å². The highest BCUT2D eigenvalue weighted by Crippen LogP contribution is 2.30. The molecule has 1 saturated carbocycles. The number of aromatic nitrogens is 3. The number of rotatable bonds is 2. The minimum atomic E-state index is -0.139. The van der Waals surface area contributed by atoms with Crippen LogP contribution in [0.25, 0.3) is 5.52 Å². The molecule has 2 aromatic heterocycles. The number of H-pyrrole nitrogens is 1. The molecule has 1 fully saturated rings. The molecule has 0 saturated heterocycles. The summed E-state index contributed by atoms with van der Waals surface area (Å²) in [5, 5.41) is 13.3. The zero-order valence-electron chi connectivity index (χ0n) is 10.2. The molecule has 18 heavy (non-hydrogen) atoms. The minimum absolute atomic E-state index is 0.120. The average molecular weight is 247 g/mol. The van der Waals surface area contributed by atoms with E-state index in [-0.39, 0.29) is 12.2 Å². The van der Waals surface area contributed by atoms with Gasteiger partial charge in [0, 0.05) is 17.8 Å². The van der Waals surface area contributed by atoms with Crippen molar-refractivity contribution in [3.05, 3.63) is 34.0 Å². The van der Waals surface area contributed by atoms with E-state index in [1.54, 1.807) is 10.6 Å². The summed E-state index contributed by atoms with van der Waals surface area (Å²) in [6.45, 7) is -0.139. The Morgan fingerprint density at radius 2 is 2.17 bits per heavy atom. The van der Waals surface area contributed by atoms with Gasteiger partial charge in [0.05, 0.1) is 12.3 Å². The summed E-state index contributed by atoms with van der Waals surface area (Å²) in [7, 11) is 0. The first-order valence-corrected chi connectivity index (χ1v) is 6.50. The highest BCUT2D eigenvalue weighted by atomic mass is 16.3. The fourth-order valence-corrected chi connectivity index (χ4v) is 2.77. The normalized spacial score (nSPS) is 17.4. The molecule has 0 aromatic carbocycles. The number of aromatic amines is 1. The number of fused-ring (bicyclic) bond motifs is 1. The SMILES string of the molecule is O=c1[nH]c(C2CCCCC2)cn2nc(CO)cc12. The van der Waals surface area contributed by atoms with E-state index in [9.17, 15) is 4.79 Å². The average Bonchev–Trinajstić information content (AvgIpc) is 2.83. The predicted molar refractivity (Wildman–Crippen MR) is 67.6 cm³/mol. The molecule has 5 heteroatoms. The monoisotopic (exact) mass is 247 g/mol. The van der Waals surface area contributed by atoms with Crippen molar-refractivity contribution in [1.29, 1.82) is 0 Å². The molecule has 2 heterocycles. The number of aliphatic hydroxyl groups is 1. The Kier molecular flexibility index (Phi) is 2.91. The molecule has 2 aromatic rings. The lowest BCUT2D eigenvalue weighted by molar-refractivity contribution is 0.276. The Bertz CT molecular complexity index is 608. The second-order valence-corrected chi connectivity index (χ2v) is 5.00. The first-order valence-electron chi connectivity index (χ1n) is 6.50. The molecule has 1 aliphatic carbocycles. The van der Waals surface area contributed by atoms with Crippen LogP contribution in [0, 0.1) is 0 Å². The van der Waals surface area contributed by atoms with Crippen molar-refractivity contribution in [3.63, 3.8) is 0 Å². The van der Waals surface area contributed by atoms with Crippen LogP contribution in [0.1, 0.15) is 49.4 Å². The quantitative estimate of drug-likeness (QED) is 0.846. The third kappa shape index (κ3) is 1.95. The van der Waals surface area contributed by atoms with Crippen molar-refractivity contribution < 1.29 is 5.11 Å². The smallest absolute Gasteiger partial charge is 0.274 e. The first-order chi connectivity index (χ1) is 8.78. The third-order valence-corrected chi connectivity index (χ3v) is 3.75. The molecule has 1 aliphatic rings. The maximum atomic E-state index is 12.0. The molecule has 0 amide bonds. The highest BCUT2D eigenvalue weighted by molar-refractivity contribution is 5.45. The number of aliphatic hydroxyl groups excluding tert-OH is 1. The Morgan fingerprint density at radius 3 is 2.89 bits per heavy atom. The molecule has 0 aliphatic heterocycles. The molecule has 0 spiro atoms. The Hall–Kier alpha value is -1.62. The van der Waals surface area contributed by atoms with Crippen molar-refractivity contribution in [2.45, 2.75) is 44.6 Å². The summed E-state index contributed by atoms with van der Waals surface area (Å²) in [6.07, 6.45) is 7.91. The van der Waals surface area contributed by atoms with Crippen molar-refractivity contribution in [2.24, 2.45) is 0 Å². The summed E-state index contributed by atoms with van der Waals surface area (Å²) >= 11 is 0. The van der Waals surface area contributed by atoms with Gasteiger partial charge in [-0.15, -0.1) is 0 Å². The zero-order valence-corrected chi connectivity index (χ0v) is 10.2. The number of hydrogen-bond acceptors (Lipinski definition) is 3. The minimum Gasteiger partial charge on any atom is -0.390 e. The fourth-order valence-electron chi connectivity index (χ4n) is 2.77. The molecule has 0 bridgehead atoms. The van der Waals surface area contributed by atoms with Crippen molar-refractivity contribution >= 4 is 5.52 Å². The van der Waals surface area contributed by atoms with Gasteiger partial charge >= 0.3 is 0 Å². The summed E-state index contributed by atoms with van der Waals surface area (Å²) in [5.74, 6) is 0.442. The molecule has 2 N–H and O–H groups in total. The molecule has 5 nitrogen and oxygen atoms in total. The van der Waals surface area contributed by atoms with Crippen molar-refractivity contribution in [3.8, 4) is 0 Å². The van der Waals surface area contributed by atoms with E-state index in [4.69, 9.17) is 5.11 Å². The number of nitrogens with one attached hydrogen (secondary N) is 1. The van der Waals surface area contributed by atoms with Gasteiger partial charge in [0.1, 0.15) is 5.52 Å². The summed E-state index contributed by atoms with van der Waals surface area (Å²) in [6, 6.07) is 1.63. The van der Waals surface area contributed by atoms with E-state index in [0.717, 1.165) is 18.5 Å². The maximum absolute atomic E-state index is 12.0. The van der Waals surface area contributed by atoms with Gasteiger partial charge in [-0.1, -0.05) is 19.3 Å². The van der Waals surface area contributed by atoms with Crippen LogP contribution < -0.4 is 5.56 Å². The van der Waals surface area contributed by atoms with Gasteiger partial charge in [-0.25, -0.2) is 4.52 Å². The summed E-state index contributed by atoms with van der Waals surface area (Å²) < 4.78 is 1.59. The Morgan fingerprint density at radius 1 is 1.39 bits per heavy atom. The van der Waals surface area contributed by atoms with Crippen LogP contribution in [0.15, 0.2) is 17.1 Å². The molecule has 0 radical (unpaired) electrons. The Labute approximate surface area is 104 Å². The van der Waals surface area contributed by atoms with Crippen LogP contribution in [0.4, 0.5) is 0 Å². The van der Waals surface area contributed by atoms with Crippen molar-refractivity contribution in [2.75, 3.05) is 0 Å². The molecule has 0 unspecified atom stereocenters. The fraction of sp³-hybridized carbons (Fsp3) is 0.538. The lowest BCUT2D eigenvalue weighted by atomic mass is 9.87. The van der Waals surface area contributed by atoms with Gasteiger partial charge in [0.15, 0.2) is 0 Å². The predicted octanol–water partition coefficient (Wildman–Crippen LogP) is 1.56. The van der Waals surface area contributed by atoms with E-state index in [2.05, 4.69) is 10.1 Å². The second-order valence-electron chi connectivity index (χ2n) is 5.00. The number of nitrogens with zero attached hydrogens (tertiary/aromatic N) is 2. The summed E-state index contributed by atoms with van der Waals surface area (Å²) in [5.41, 5.74) is 1.88. The van der Waals surface area contributed by atoms with E-state index in [0.29, 0.717) is 17.1 Å². The van der Waals surface area contributed by atoms with Gasteiger partial charge in [-0.3, -0.25) is 4.79 Å². The van der Waals surface area contributed by atoms with Gasteiger partial charge in [-0.05, 0) is 18.9 Å². The van der Waals surface area contributed by atoms with E-state index < -0.39 is 0 Å². The third-order valence-electron chi connectivity index (χ3n) is 3.75. The number of hydrogen-bond donors (Lipinski definition) is 2. The largest absolute Gasteiger partial charge is 0.390 e. The van der Waals surface area contributed by atoms with Crippen molar-refractivity contribution in [1.82, 2.24) is 14.6 Å². The van der Waals surface area contributed by atoms with E-state index in [1.807, 2.05) is 6.20 Å². The topological polar surface area (TPSA) is 70.4 Å². The van der Waals surface area contributed by atoms with Crippen LogP contribution in [0.3, 0.4) is 0 Å². The van der Waals surface area contributed by atoms with Crippen LogP contribution in [0.5, 0.6) is 0 Å². The van der Waals surface area contributed by atoms with Crippen LogP contribution in [-0.4, -0.2) is 19.7 Å². The van der Waals surface area contributed by atoms with Crippen LogP contribution >= 0.6 is 0 Å². The van der Waals surface area contributed by atoms with Crippen LogP contribution in [-0.2, 0) is 6.61 Å². The highest BCUT2D eigenvalue weighted by Gasteiger charge is 2.18. The molecule has 0 atom stereocenters. The lowest BCUT2D eigenvalue weighted by Crippen LogP contribution is -2.16. The maximum Gasteiger partial charge on any atom is 0.274 e. The lowest BCUT2D eigenvalue weighted by Gasteiger charge is -2.21. The zero-order chi connectivity index (χ0) is 12.5. The summed E-state index contributed by atoms with van der Waals surface area (Å²) in [4.78, 5) is 14.9. The second kappa shape index (κ2) is 4.57. The molecular formula is C13H17N3O2. The molecule has 3 rings (SSSR count). The van der Waals surface area contributed by atoms with Gasteiger partial charge < -0.3 is 10.1 Å². The molecular weight excluding hydrogens is 230 g/mol. The standard InChI is InChI=1S/C13H17N3O2/c17-8-10-6-12-13(18)14-11(7-16(12)15-10)9-4-2-1-3-5-9/h6-7,9,17H,1-5,8H2,(H,14,18). The Balaban J connectivity index is 2.05. The van der Waals surface area contributed by atoms with E-state index in [1.165, 1.54) is 19.3 Å². The van der Waals surface area contributed by atoms with Gasteiger partial charge in [0.2, 0.25) is 0 Å². The van der Waals surface area contributed by atoms with E-state index >= 15 is 0 Å². The van der Waals surface area contributed by atoms with Gasteiger partial charge in [-0.2, -0.15) is 5.10 Å².